The molecular formula is C20H28BrN3O3S. The molecule has 1 amide bonds. The van der Waals surface area contributed by atoms with Gasteiger partial charge < -0.3 is 4.90 Å². The molecule has 1 aromatic rings. The van der Waals surface area contributed by atoms with Crippen LogP contribution in [0, 0.1) is 0 Å². The molecule has 1 saturated heterocycles. The third kappa shape index (κ3) is 3.76. The SMILES string of the molecule is CC(=O)N1CCc2cc(Br)cc(S(=O)(=O)N3CCN(C4CCCCC4)CC3)c21. The number of hydrogen-bond acceptors (Lipinski definition) is 4. The molecule has 1 saturated carbocycles. The maximum absolute atomic E-state index is 13.5. The van der Waals surface area contributed by atoms with Crippen molar-refractivity contribution in [3.05, 3.63) is 22.2 Å². The van der Waals surface area contributed by atoms with E-state index in [1.807, 2.05) is 6.07 Å². The molecule has 1 aliphatic carbocycles. The van der Waals surface area contributed by atoms with Gasteiger partial charge in [0.25, 0.3) is 0 Å². The molecule has 2 fully saturated rings. The number of halogens is 1. The number of piperazine rings is 1. The van der Waals surface area contributed by atoms with Crippen LogP contribution in [0.15, 0.2) is 21.5 Å². The minimum absolute atomic E-state index is 0.111. The summed E-state index contributed by atoms with van der Waals surface area (Å²) in [5, 5.41) is 0. The summed E-state index contributed by atoms with van der Waals surface area (Å²) in [6.07, 6.45) is 7.05. The fourth-order valence-electron chi connectivity index (χ4n) is 4.88. The molecule has 154 valence electrons. The van der Waals surface area contributed by atoms with Crippen molar-refractivity contribution in [2.75, 3.05) is 37.6 Å². The van der Waals surface area contributed by atoms with Crippen molar-refractivity contribution < 1.29 is 13.2 Å². The van der Waals surface area contributed by atoms with Crippen molar-refractivity contribution in [3.8, 4) is 0 Å². The van der Waals surface area contributed by atoms with Gasteiger partial charge in [-0.2, -0.15) is 4.31 Å². The van der Waals surface area contributed by atoms with Crippen molar-refractivity contribution in [2.24, 2.45) is 0 Å². The minimum atomic E-state index is -3.65. The van der Waals surface area contributed by atoms with Crippen LogP contribution >= 0.6 is 15.9 Å². The Hall–Kier alpha value is -0.960. The van der Waals surface area contributed by atoms with Crippen LogP contribution in [0.1, 0.15) is 44.6 Å². The molecule has 0 N–H and O–H groups in total. The third-order valence-corrected chi connectivity index (χ3v) is 8.73. The van der Waals surface area contributed by atoms with Crippen molar-refractivity contribution in [1.29, 1.82) is 0 Å². The Morgan fingerprint density at radius 3 is 2.36 bits per heavy atom. The molecule has 28 heavy (non-hydrogen) atoms. The monoisotopic (exact) mass is 469 g/mol. The second-order valence-corrected chi connectivity index (χ2v) is 10.9. The second kappa shape index (κ2) is 8.05. The van der Waals surface area contributed by atoms with E-state index in [9.17, 15) is 13.2 Å². The predicted octanol–water partition coefficient (Wildman–Crippen LogP) is 3.00. The van der Waals surface area contributed by atoms with Gasteiger partial charge in [-0.15, -0.1) is 0 Å². The van der Waals surface area contributed by atoms with Gasteiger partial charge in [-0.3, -0.25) is 9.69 Å². The van der Waals surface area contributed by atoms with E-state index >= 15 is 0 Å². The number of carbonyl (C=O) groups excluding carboxylic acids is 1. The molecule has 4 rings (SSSR count). The van der Waals surface area contributed by atoms with Crippen LogP contribution in [-0.4, -0.2) is 62.3 Å². The van der Waals surface area contributed by atoms with E-state index in [0.29, 0.717) is 37.8 Å². The van der Waals surface area contributed by atoms with Crippen LogP contribution in [0.5, 0.6) is 0 Å². The van der Waals surface area contributed by atoms with Crippen molar-refractivity contribution in [3.63, 3.8) is 0 Å². The van der Waals surface area contributed by atoms with Gasteiger partial charge in [0.15, 0.2) is 0 Å². The smallest absolute Gasteiger partial charge is 0.245 e. The number of rotatable bonds is 3. The number of benzene rings is 1. The zero-order valence-corrected chi connectivity index (χ0v) is 18.8. The van der Waals surface area contributed by atoms with E-state index in [2.05, 4.69) is 20.8 Å². The molecule has 0 aromatic heterocycles. The van der Waals surface area contributed by atoms with Crippen LogP contribution in [-0.2, 0) is 21.2 Å². The lowest BCUT2D eigenvalue weighted by Crippen LogP contribution is -2.52. The van der Waals surface area contributed by atoms with Gasteiger partial charge in [-0.1, -0.05) is 35.2 Å². The Morgan fingerprint density at radius 1 is 1.04 bits per heavy atom. The van der Waals surface area contributed by atoms with Crippen molar-refractivity contribution >= 4 is 37.5 Å². The molecule has 3 aliphatic rings. The Morgan fingerprint density at radius 2 is 1.71 bits per heavy atom. The first-order chi connectivity index (χ1) is 13.4. The van der Waals surface area contributed by atoms with Crippen LogP contribution in [0.3, 0.4) is 0 Å². The fraction of sp³-hybridized carbons (Fsp3) is 0.650. The quantitative estimate of drug-likeness (QED) is 0.682. The highest BCUT2D eigenvalue weighted by Crippen LogP contribution is 2.39. The van der Waals surface area contributed by atoms with Crippen molar-refractivity contribution in [1.82, 2.24) is 9.21 Å². The number of carbonyl (C=O) groups is 1. The molecule has 0 bridgehead atoms. The van der Waals surface area contributed by atoms with Gasteiger partial charge in [0.2, 0.25) is 15.9 Å². The highest BCUT2D eigenvalue weighted by atomic mass is 79.9. The lowest BCUT2D eigenvalue weighted by atomic mass is 9.94. The largest absolute Gasteiger partial charge is 0.311 e. The third-order valence-electron chi connectivity index (χ3n) is 6.36. The summed E-state index contributed by atoms with van der Waals surface area (Å²) in [5.41, 5.74) is 1.49. The molecule has 0 spiro atoms. The van der Waals surface area contributed by atoms with Gasteiger partial charge >= 0.3 is 0 Å². The number of nitrogens with zero attached hydrogens (tertiary/aromatic N) is 3. The normalized spacial score (nSPS) is 22.4. The zero-order chi connectivity index (χ0) is 19.9. The first kappa shape index (κ1) is 20.3. The van der Waals surface area contributed by atoms with Crippen LogP contribution in [0.25, 0.3) is 0 Å². The molecule has 2 heterocycles. The Labute approximate surface area is 176 Å². The van der Waals surface area contributed by atoms with Crippen LogP contribution in [0.2, 0.25) is 0 Å². The van der Waals surface area contributed by atoms with E-state index in [1.165, 1.54) is 39.0 Å². The molecule has 2 aliphatic heterocycles. The molecule has 6 nitrogen and oxygen atoms in total. The number of hydrogen-bond donors (Lipinski definition) is 0. The zero-order valence-electron chi connectivity index (χ0n) is 16.4. The van der Waals surface area contributed by atoms with Gasteiger partial charge in [0.1, 0.15) is 4.90 Å². The van der Waals surface area contributed by atoms with Crippen LogP contribution < -0.4 is 4.90 Å². The summed E-state index contributed by atoms with van der Waals surface area (Å²) in [6, 6.07) is 4.20. The maximum atomic E-state index is 13.5. The lowest BCUT2D eigenvalue weighted by Gasteiger charge is -2.40. The topological polar surface area (TPSA) is 60.9 Å². The highest BCUT2D eigenvalue weighted by molar-refractivity contribution is 9.10. The van der Waals surface area contributed by atoms with E-state index in [0.717, 1.165) is 23.1 Å². The molecule has 0 atom stereocenters. The Bertz CT molecular complexity index is 860. The Balaban J connectivity index is 1.57. The summed E-state index contributed by atoms with van der Waals surface area (Å²) in [4.78, 5) is 16.4. The van der Waals surface area contributed by atoms with Gasteiger partial charge in [0.05, 0.1) is 5.69 Å². The molecule has 1 aromatic carbocycles. The Kier molecular flexibility index (Phi) is 5.84. The number of anilines is 1. The van der Waals surface area contributed by atoms with Gasteiger partial charge in [-0.25, -0.2) is 8.42 Å². The molecule has 0 unspecified atom stereocenters. The number of amides is 1. The predicted molar refractivity (Wildman–Crippen MR) is 113 cm³/mol. The van der Waals surface area contributed by atoms with Crippen LogP contribution in [0.4, 0.5) is 5.69 Å². The number of sulfonamides is 1. The summed E-state index contributed by atoms with van der Waals surface area (Å²) < 4.78 is 29.3. The maximum Gasteiger partial charge on any atom is 0.245 e. The summed E-state index contributed by atoms with van der Waals surface area (Å²) in [5.74, 6) is -0.111. The first-order valence-corrected chi connectivity index (χ1v) is 12.5. The molecular weight excluding hydrogens is 442 g/mol. The first-order valence-electron chi connectivity index (χ1n) is 10.2. The number of fused-ring (bicyclic) bond motifs is 1. The lowest BCUT2D eigenvalue weighted by molar-refractivity contribution is -0.116. The summed E-state index contributed by atoms with van der Waals surface area (Å²) in [7, 11) is -3.65. The summed E-state index contributed by atoms with van der Waals surface area (Å²) in [6.45, 7) is 4.64. The fourth-order valence-corrected chi connectivity index (χ4v) is 7.22. The second-order valence-electron chi connectivity index (χ2n) is 8.06. The average Bonchev–Trinajstić information content (AvgIpc) is 3.12. The summed E-state index contributed by atoms with van der Waals surface area (Å²) >= 11 is 3.46. The van der Waals surface area contributed by atoms with E-state index in [1.54, 1.807) is 15.3 Å². The van der Waals surface area contributed by atoms with Crippen molar-refractivity contribution in [2.45, 2.75) is 56.4 Å². The van der Waals surface area contributed by atoms with E-state index < -0.39 is 10.0 Å². The molecule has 8 heteroatoms. The van der Waals surface area contributed by atoms with E-state index in [-0.39, 0.29) is 10.8 Å². The minimum Gasteiger partial charge on any atom is -0.311 e. The highest BCUT2D eigenvalue weighted by Gasteiger charge is 2.36. The van der Waals surface area contributed by atoms with Gasteiger partial charge in [-0.05, 0) is 37.0 Å². The molecule has 0 radical (unpaired) electrons. The average molecular weight is 470 g/mol. The standard InChI is InChI=1S/C20H28BrN3O3S/c1-15(25)24-8-7-16-13-17(21)14-19(20(16)24)28(26,27)23-11-9-22(10-12-23)18-5-3-2-4-6-18/h13-14,18H,2-12H2,1H3. The van der Waals surface area contributed by atoms with Gasteiger partial charge in [0, 0.05) is 50.2 Å². The van der Waals surface area contributed by atoms with E-state index in [4.69, 9.17) is 0 Å².